The highest BCUT2D eigenvalue weighted by molar-refractivity contribution is 5.97. The fraction of sp³-hybridized carbons (Fsp3) is 0.643. The number of nitrogens with one attached hydrogen (secondary N) is 2. The molecule has 18 heavy (non-hydrogen) atoms. The molecule has 1 heterocycles. The Kier molecular flexibility index (Phi) is 2.36. The number of aliphatic imine (C=N–C) groups is 1. The lowest BCUT2D eigenvalue weighted by molar-refractivity contribution is 0.276. The SMILES string of the molecule is CN=C1NC2(C)CC(NN)=C(C)C=C2C12CCC2. The number of rotatable bonds is 1. The summed E-state index contributed by atoms with van der Waals surface area (Å²) in [5.41, 5.74) is 6.92. The topological polar surface area (TPSA) is 62.4 Å². The van der Waals surface area contributed by atoms with E-state index in [0.29, 0.717) is 0 Å². The third-order valence-electron chi connectivity index (χ3n) is 4.93. The molecule has 98 valence electrons. The molecule has 0 radical (unpaired) electrons. The minimum absolute atomic E-state index is 0.0174. The normalized spacial score (nSPS) is 35.1. The summed E-state index contributed by atoms with van der Waals surface area (Å²) in [6, 6.07) is 0. The van der Waals surface area contributed by atoms with Gasteiger partial charge in [-0.05, 0) is 37.8 Å². The monoisotopic (exact) mass is 246 g/mol. The van der Waals surface area contributed by atoms with Crippen molar-refractivity contribution in [1.82, 2.24) is 10.7 Å². The summed E-state index contributed by atoms with van der Waals surface area (Å²) in [6.45, 7) is 4.40. The lowest BCUT2D eigenvalue weighted by Crippen LogP contribution is -2.43. The summed E-state index contributed by atoms with van der Waals surface area (Å²) in [4.78, 5) is 4.50. The third-order valence-corrected chi connectivity index (χ3v) is 4.93. The smallest absolute Gasteiger partial charge is 0.107 e. The summed E-state index contributed by atoms with van der Waals surface area (Å²) >= 11 is 0. The third kappa shape index (κ3) is 1.27. The zero-order valence-electron chi connectivity index (χ0n) is 11.4. The Morgan fingerprint density at radius 2 is 2.17 bits per heavy atom. The summed E-state index contributed by atoms with van der Waals surface area (Å²) in [6.07, 6.45) is 7.00. The predicted molar refractivity (Wildman–Crippen MR) is 73.9 cm³/mol. The Labute approximate surface area is 108 Å². The molecule has 1 spiro atoms. The molecule has 1 atom stereocenters. The molecule has 4 N–H and O–H groups in total. The predicted octanol–water partition coefficient (Wildman–Crippen LogP) is 1.61. The van der Waals surface area contributed by atoms with Gasteiger partial charge in [0.2, 0.25) is 0 Å². The van der Waals surface area contributed by atoms with Crippen molar-refractivity contribution < 1.29 is 0 Å². The van der Waals surface area contributed by atoms with E-state index in [1.165, 1.54) is 36.2 Å². The largest absolute Gasteiger partial charge is 0.364 e. The lowest BCUT2D eigenvalue weighted by Gasteiger charge is -2.42. The summed E-state index contributed by atoms with van der Waals surface area (Å²) in [5.74, 6) is 6.80. The zero-order valence-corrected chi connectivity index (χ0v) is 11.4. The average Bonchev–Trinajstić information content (AvgIpc) is 2.56. The second-order valence-electron chi connectivity index (χ2n) is 6.01. The van der Waals surface area contributed by atoms with Crippen LogP contribution < -0.4 is 16.6 Å². The highest BCUT2D eigenvalue weighted by Gasteiger charge is 2.58. The van der Waals surface area contributed by atoms with Crippen molar-refractivity contribution in [2.24, 2.45) is 16.3 Å². The molecule has 0 aromatic rings. The van der Waals surface area contributed by atoms with E-state index in [1.807, 2.05) is 7.05 Å². The van der Waals surface area contributed by atoms with E-state index in [2.05, 4.69) is 35.7 Å². The number of nitrogens with two attached hydrogens (primary N) is 1. The van der Waals surface area contributed by atoms with Crippen molar-refractivity contribution in [2.45, 2.75) is 45.1 Å². The molecule has 1 saturated carbocycles. The number of hydrazine groups is 1. The summed E-state index contributed by atoms with van der Waals surface area (Å²) in [5, 5.41) is 3.65. The van der Waals surface area contributed by atoms with Crippen LogP contribution in [0, 0.1) is 5.41 Å². The van der Waals surface area contributed by atoms with Crippen molar-refractivity contribution in [3.8, 4) is 0 Å². The molecule has 0 bridgehead atoms. The Hall–Kier alpha value is -1.29. The highest BCUT2D eigenvalue weighted by Crippen LogP contribution is 2.57. The summed E-state index contributed by atoms with van der Waals surface area (Å²) < 4.78 is 0. The van der Waals surface area contributed by atoms with Crippen LogP contribution in [0.2, 0.25) is 0 Å². The molecule has 4 nitrogen and oxygen atoms in total. The fourth-order valence-corrected chi connectivity index (χ4v) is 3.81. The van der Waals surface area contributed by atoms with E-state index in [4.69, 9.17) is 5.84 Å². The molecule has 2 fully saturated rings. The van der Waals surface area contributed by atoms with Gasteiger partial charge in [0.25, 0.3) is 0 Å². The minimum atomic E-state index is -0.0174. The van der Waals surface area contributed by atoms with Crippen LogP contribution in [0.5, 0.6) is 0 Å². The summed E-state index contributed by atoms with van der Waals surface area (Å²) in [7, 11) is 1.89. The Morgan fingerprint density at radius 3 is 2.67 bits per heavy atom. The van der Waals surface area contributed by atoms with Crippen molar-refractivity contribution in [3.05, 3.63) is 22.9 Å². The number of allylic oxidation sites excluding steroid dienone is 2. The van der Waals surface area contributed by atoms with Crippen LogP contribution in [0.4, 0.5) is 0 Å². The van der Waals surface area contributed by atoms with Crippen LogP contribution in [-0.4, -0.2) is 18.4 Å². The maximum atomic E-state index is 5.62. The molecule has 3 rings (SSSR count). The molecule has 0 aromatic carbocycles. The lowest BCUT2D eigenvalue weighted by atomic mass is 9.60. The number of hydrogen-bond donors (Lipinski definition) is 3. The Balaban J connectivity index is 2.11. The van der Waals surface area contributed by atoms with Crippen LogP contribution in [0.3, 0.4) is 0 Å². The van der Waals surface area contributed by atoms with E-state index in [9.17, 15) is 0 Å². The van der Waals surface area contributed by atoms with Crippen molar-refractivity contribution >= 4 is 5.84 Å². The second-order valence-corrected chi connectivity index (χ2v) is 6.01. The van der Waals surface area contributed by atoms with Gasteiger partial charge in [0.05, 0.1) is 11.0 Å². The number of nitrogens with zero attached hydrogens (tertiary/aromatic N) is 1. The first kappa shape index (κ1) is 11.8. The average molecular weight is 246 g/mol. The van der Waals surface area contributed by atoms with Gasteiger partial charge in [-0.3, -0.25) is 10.8 Å². The first-order valence-electron chi connectivity index (χ1n) is 6.70. The van der Waals surface area contributed by atoms with Gasteiger partial charge in [0.15, 0.2) is 0 Å². The van der Waals surface area contributed by atoms with Crippen molar-refractivity contribution in [1.29, 1.82) is 0 Å². The molecular weight excluding hydrogens is 224 g/mol. The van der Waals surface area contributed by atoms with Crippen LogP contribution in [0.15, 0.2) is 27.9 Å². The molecule has 4 heteroatoms. The van der Waals surface area contributed by atoms with Gasteiger partial charge < -0.3 is 10.7 Å². The van der Waals surface area contributed by atoms with E-state index < -0.39 is 0 Å². The minimum Gasteiger partial charge on any atom is -0.364 e. The first-order chi connectivity index (χ1) is 8.55. The van der Waals surface area contributed by atoms with Gasteiger partial charge in [-0.1, -0.05) is 12.5 Å². The van der Waals surface area contributed by atoms with Gasteiger partial charge in [-0.25, -0.2) is 0 Å². The van der Waals surface area contributed by atoms with Crippen LogP contribution >= 0.6 is 0 Å². The molecule has 0 aromatic heterocycles. The number of amidine groups is 1. The first-order valence-corrected chi connectivity index (χ1v) is 6.70. The maximum Gasteiger partial charge on any atom is 0.107 e. The molecule has 2 aliphatic carbocycles. The van der Waals surface area contributed by atoms with Gasteiger partial charge in [-0.2, -0.15) is 0 Å². The van der Waals surface area contributed by atoms with Crippen LogP contribution in [0.1, 0.15) is 39.5 Å². The van der Waals surface area contributed by atoms with Crippen LogP contribution in [0.25, 0.3) is 0 Å². The van der Waals surface area contributed by atoms with Crippen molar-refractivity contribution in [3.63, 3.8) is 0 Å². The zero-order chi connectivity index (χ0) is 13.0. The standard InChI is InChI=1S/C14H22N4/c1-9-7-11-13(2,8-10(9)18-15)17-12(16-3)14(11)5-4-6-14/h7,18H,4-6,8,15H2,1-3H3,(H,16,17). The molecule has 1 aliphatic heterocycles. The van der Waals surface area contributed by atoms with Crippen LogP contribution in [-0.2, 0) is 0 Å². The second kappa shape index (κ2) is 3.60. The number of hydrogen-bond acceptors (Lipinski definition) is 3. The van der Waals surface area contributed by atoms with Gasteiger partial charge in [0.1, 0.15) is 5.84 Å². The molecule has 0 amide bonds. The fourth-order valence-electron chi connectivity index (χ4n) is 3.81. The Morgan fingerprint density at radius 1 is 1.44 bits per heavy atom. The molecule has 3 aliphatic rings. The van der Waals surface area contributed by atoms with E-state index in [0.717, 1.165) is 12.1 Å². The maximum absolute atomic E-state index is 5.62. The number of fused-ring (bicyclic) bond motifs is 2. The van der Waals surface area contributed by atoms with Gasteiger partial charge in [-0.15, -0.1) is 0 Å². The van der Waals surface area contributed by atoms with Gasteiger partial charge in [0, 0.05) is 19.2 Å². The van der Waals surface area contributed by atoms with E-state index in [1.54, 1.807) is 0 Å². The van der Waals surface area contributed by atoms with E-state index >= 15 is 0 Å². The van der Waals surface area contributed by atoms with Crippen molar-refractivity contribution in [2.75, 3.05) is 7.05 Å². The molecular formula is C14H22N4. The Bertz CT molecular complexity index is 478. The molecule has 1 saturated heterocycles. The highest BCUT2D eigenvalue weighted by atomic mass is 15.2. The van der Waals surface area contributed by atoms with Gasteiger partial charge >= 0.3 is 0 Å². The quantitative estimate of drug-likeness (QED) is 0.486. The van der Waals surface area contributed by atoms with E-state index in [-0.39, 0.29) is 11.0 Å². The molecule has 1 unspecified atom stereocenters.